The highest BCUT2D eigenvalue weighted by molar-refractivity contribution is 6.29. The van der Waals surface area contributed by atoms with Crippen LogP contribution in [0.1, 0.15) is 5.56 Å². The van der Waals surface area contributed by atoms with Crippen LogP contribution < -0.4 is 4.74 Å². The van der Waals surface area contributed by atoms with Gasteiger partial charge in [-0.3, -0.25) is 10.1 Å². The predicted molar refractivity (Wildman–Crippen MR) is 51.8 cm³/mol. The second-order valence-corrected chi connectivity index (χ2v) is 2.72. The van der Waals surface area contributed by atoms with Gasteiger partial charge in [0.2, 0.25) is 12.1 Å². The van der Waals surface area contributed by atoms with E-state index < -0.39 is 4.92 Å². The number of nitrogens with zero attached hydrogens (tertiary/aromatic N) is 2. The summed E-state index contributed by atoms with van der Waals surface area (Å²) in [7, 11) is 1.42. The van der Waals surface area contributed by atoms with Crippen LogP contribution in [-0.4, -0.2) is 17.0 Å². The molecule has 0 aliphatic rings. The minimum atomic E-state index is -0.561. The molecule has 0 bridgehead atoms. The number of rotatable bonds is 3. The van der Waals surface area contributed by atoms with Gasteiger partial charge in [0.25, 0.3) is 0 Å². The zero-order chi connectivity index (χ0) is 10.6. The number of halogens is 1. The molecule has 1 aromatic heterocycles. The van der Waals surface area contributed by atoms with Gasteiger partial charge >= 0.3 is 0 Å². The fourth-order valence-electron chi connectivity index (χ4n) is 0.860. The van der Waals surface area contributed by atoms with Gasteiger partial charge in [0.15, 0.2) is 0 Å². The van der Waals surface area contributed by atoms with Crippen molar-refractivity contribution < 1.29 is 9.66 Å². The Labute approximate surface area is 85.1 Å². The van der Waals surface area contributed by atoms with Crippen molar-refractivity contribution >= 4 is 17.7 Å². The fourth-order valence-corrected chi connectivity index (χ4v) is 1.000. The zero-order valence-electron chi connectivity index (χ0n) is 7.31. The first kappa shape index (κ1) is 10.5. The molecule has 0 aromatic carbocycles. The Morgan fingerprint density at radius 3 is 2.93 bits per heavy atom. The SMILES string of the molecule is COc1nc(Cl)ccc1/C=C/[N+](=O)[O-]. The minimum Gasteiger partial charge on any atom is -0.481 e. The van der Waals surface area contributed by atoms with Gasteiger partial charge in [0.05, 0.1) is 12.0 Å². The molecule has 0 N–H and O–H groups in total. The van der Waals surface area contributed by atoms with Gasteiger partial charge in [-0.25, -0.2) is 4.98 Å². The summed E-state index contributed by atoms with van der Waals surface area (Å²) in [5.74, 6) is 0.260. The van der Waals surface area contributed by atoms with Gasteiger partial charge in [0, 0.05) is 11.6 Å². The molecule has 6 heteroatoms. The van der Waals surface area contributed by atoms with Crippen molar-refractivity contribution in [1.29, 1.82) is 0 Å². The van der Waals surface area contributed by atoms with E-state index in [2.05, 4.69) is 4.98 Å². The monoisotopic (exact) mass is 214 g/mol. The topological polar surface area (TPSA) is 65.3 Å². The fraction of sp³-hybridized carbons (Fsp3) is 0.125. The zero-order valence-corrected chi connectivity index (χ0v) is 8.06. The van der Waals surface area contributed by atoms with Crippen molar-refractivity contribution in [2.45, 2.75) is 0 Å². The van der Waals surface area contributed by atoms with E-state index in [1.165, 1.54) is 19.3 Å². The van der Waals surface area contributed by atoms with Crippen molar-refractivity contribution in [3.63, 3.8) is 0 Å². The molecule has 0 aliphatic carbocycles. The smallest absolute Gasteiger partial charge is 0.235 e. The largest absolute Gasteiger partial charge is 0.481 e. The summed E-state index contributed by atoms with van der Waals surface area (Å²) < 4.78 is 4.89. The Bertz CT molecular complexity index is 379. The van der Waals surface area contributed by atoms with E-state index in [1.54, 1.807) is 6.07 Å². The highest BCUT2D eigenvalue weighted by Gasteiger charge is 2.03. The molecule has 0 saturated heterocycles. The minimum absolute atomic E-state index is 0.260. The maximum atomic E-state index is 10.1. The van der Waals surface area contributed by atoms with Gasteiger partial charge in [0.1, 0.15) is 5.15 Å². The molecule has 1 rings (SSSR count). The lowest BCUT2D eigenvalue weighted by Gasteiger charge is -2.01. The lowest BCUT2D eigenvalue weighted by Crippen LogP contribution is -1.91. The Morgan fingerprint density at radius 1 is 1.64 bits per heavy atom. The highest BCUT2D eigenvalue weighted by atomic mass is 35.5. The number of aromatic nitrogens is 1. The summed E-state index contributed by atoms with van der Waals surface area (Å²) in [5, 5.41) is 10.3. The molecule has 14 heavy (non-hydrogen) atoms. The van der Waals surface area contributed by atoms with E-state index in [4.69, 9.17) is 16.3 Å². The molecule has 1 aromatic rings. The van der Waals surface area contributed by atoms with E-state index >= 15 is 0 Å². The number of methoxy groups -OCH3 is 1. The number of nitro groups is 1. The van der Waals surface area contributed by atoms with Crippen molar-refractivity contribution in [2.75, 3.05) is 7.11 Å². The standard InChI is InChI=1S/C8H7ClN2O3/c1-14-8-6(4-5-11(12)13)2-3-7(9)10-8/h2-5H,1H3/b5-4+. The first-order chi connectivity index (χ1) is 6.63. The van der Waals surface area contributed by atoms with Crippen LogP contribution >= 0.6 is 11.6 Å². The molecule has 74 valence electrons. The molecule has 0 saturated carbocycles. The molecule has 0 unspecified atom stereocenters. The maximum absolute atomic E-state index is 10.1. The second-order valence-electron chi connectivity index (χ2n) is 2.33. The van der Waals surface area contributed by atoms with Gasteiger partial charge in [-0.1, -0.05) is 11.6 Å². The first-order valence-corrected chi connectivity index (χ1v) is 4.03. The maximum Gasteiger partial charge on any atom is 0.235 e. The van der Waals surface area contributed by atoms with E-state index in [0.717, 1.165) is 6.20 Å². The van der Waals surface area contributed by atoms with E-state index in [1.807, 2.05) is 0 Å². The van der Waals surface area contributed by atoms with Crippen LogP contribution in [0.2, 0.25) is 5.15 Å². The average molecular weight is 215 g/mol. The molecule has 0 spiro atoms. The number of hydrogen-bond donors (Lipinski definition) is 0. The van der Waals surface area contributed by atoms with Crippen LogP contribution in [0.15, 0.2) is 18.3 Å². The van der Waals surface area contributed by atoms with Gasteiger partial charge in [-0.2, -0.15) is 0 Å². The van der Waals surface area contributed by atoms with Gasteiger partial charge in [-0.05, 0) is 12.1 Å². The van der Waals surface area contributed by atoms with Crippen molar-refractivity contribution in [2.24, 2.45) is 0 Å². The Balaban J connectivity index is 3.02. The molecule has 0 atom stereocenters. The Morgan fingerprint density at radius 2 is 2.36 bits per heavy atom. The molecular weight excluding hydrogens is 208 g/mol. The van der Waals surface area contributed by atoms with Crippen LogP contribution in [0.4, 0.5) is 0 Å². The van der Waals surface area contributed by atoms with Gasteiger partial charge < -0.3 is 4.74 Å². The van der Waals surface area contributed by atoms with Crippen LogP contribution in [0.3, 0.4) is 0 Å². The third-order valence-corrected chi connectivity index (χ3v) is 1.64. The number of pyridine rings is 1. The van der Waals surface area contributed by atoms with Crippen molar-refractivity contribution in [3.05, 3.63) is 39.2 Å². The summed E-state index contributed by atoms with van der Waals surface area (Å²) in [6, 6.07) is 3.12. The molecule has 5 nitrogen and oxygen atoms in total. The van der Waals surface area contributed by atoms with E-state index in [0.29, 0.717) is 5.56 Å². The highest BCUT2D eigenvalue weighted by Crippen LogP contribution is 2.19. The third-order valence-electron chi connectivity index (χ3n) is 1.42. The summed E-state index contributed by atoms with van der Waals surface area (Å²) in [6.07, 6.45) is 2.11. The van der Waals surface area contributed by atoms with Crippen LogP contribution in [-0.2, 0) is 0 Å². The number of ether oxygens (including phenoxy) is 1. The summed E-state index contributed by atoms with van der Waals surface area (Å²) >= 11 is 5.61. The lowest BCUT2D eigenvalue weighted by molar-refractivity contribution is -0.400. The van der Waals surface area contributed by atoms with Crippen LogP contribution in [0, 0.1) is 10.1 Å². The molecule has 1 heterocycles. The number of hydrogen-bond acceptors (Lipinski definition) is 4. The van der Waals surface area contributed by atoms with E-state index in [-0.39, 0.29) is 11.0 Å². The van der Waals surface area contributed by atoms with Crippen molar-refractivity contribution in [1.82, 2.24) is 4.98 Å². The quantitative estimate of drug-likeness (QED) is 0.439. The molecular formula is C8H7ClN2O3. The average Bonchev–Trinajstić information content (AvgIpc) is 2.15. The van der Waals surface area contributed by atoms with Crippen LogP contribution in [0.25, 0.3) is 6.08 Å². The van der Waals surface area contributed by atoms with Crippen molar-refractivity contribution in [3.8, 4) is 5.88 Å². The van der Waals surface area contributed by atoms with E-state index in [9.17, 15) is 10.1 Å². The third kappa shape index (κ3) is 2.70. The predicted octanol–water partition coefficient (Wildman–Crippen LogP) is 1.99. The van der Waals surface area contributed by atoms with Crippen LogP contribution in [0.5, 0.6) is 5.88 Å². The second kappa shape index (κ2) is 4.57. The Kier molecular flexibility index (Phi) is 3.41. The molecule has 0 amide bonds. The summed E-state index contributed by atoms with van der Waals surface area (Å²) in [5.41, 5.74) is 0.508. The first-order valence-electron chi connectivity index (χ1n) is 3.65. The normalized spacial score (nSPS) is 10.4. The van der Waals surface area contributed by atoms with Gasteiger partial charge in [-0.15, -0.1) is 0 Å². The molecule has 0 radical (unpaired) electrons. The molecule has 0 aliphatic heterocycles. The Hall–Kier alpha value is -1.62. The summed E-state index contributed by atoms with van der Waals surface area (Å²) in [6.45, 7) is 0. The molecule has 0 fully saturated rings. The summed E-state index contributed by atoms with van der Waals surface area (Å²) in [4.78, 5) is 13.3. The lowest BCUT2D eigenvalue weighted by atomic mass is 10.2.